The van der Waals surface area contributed by atoms with Crippen LogP contribution in [0.5, 0.6) is 0 Å². The fourth-order valence-corrected chi connectivity index (χ4v) is 3.39. The van der Waals surface area contributed by atoms with Crippen LogP contribution >= 0.6 is 0 Å². The predicted molar refractivity (Wildman–Crippen MR) is 102 cm³/mol. The summed E-state index contributed by atoms with van der Waals surface area (Å²) in [6.45, 7) is 7.76. The lowest BCUT2D eigenvalue weighted by atomic mass is 10.1. The van der Waals surface area contributed by atoms with Crippen molar-refractivity contribution in [3.8, 4) is 0 Å². The number of fused-ring (bicyclic) bond motifs is 1. The summed E-state index contributed by atoms with van der Waals surface area (Å²) in [6, 6.07) is 9.55. The molecule has 27 heavy (non-hydrogen) atoms. The zero-order valence-electron chi connectivity index (χ0n) is 16.1. The molecule has 0 radical (unpaired) electrons. The van der Waals surface area contributed by atoms with Crippen LogP contribution in [0.4, 0.5) is 0 Å². The Morgan fingerprint density at radius 2 is 1.96 bits per heavy atom. The third-order valence-corrected chi connectivity index (χ3v) is 4.55. The van der Waals surface area contributed by atoms with Crippen LogP contribution in [0.25, 0.3) is 11.1 Å². The molecule has 0 N–H and O–H groups in total. The van der Waals surface area contributed by atoms with E-state index in [2.05, 4.69) is 23.4 Å². The Bertz CT molecular complexity index is 948. The highest BCUT2D eigenvalue weighted by atomic mass is 16.5. The molecule has 0 bridgehead atoms. The molecule has 3 rings (SSSR count). The fourth-order valence-electron chi connectivity index (χ4n) is 3.39. The van der Waals surface area contributed by atoms with Crippen molar-refractivity contribution in [2.75, 3.05) is 6.61 Å². The van der Waals surface area contributed by atoms with Crippen LogP contribution in [0.15, 0.2) is 34.7 Å². The van der Waals surface area contributed by atoms with Crippen LogP contribution in [0.2, 0.25) is 0 Å². The van der Waals surface area contributed by atoms with Gasteiger partial charge >= 0.3 is 5.97 Å². The molecule has 3 aromatic rings. The first kappa shape index (κ1) is 18.9. The van der Waals surface area contributed by atoms with Crippen molar-refractivity contribution in [3.05, 3.63) is 53.2 Å². The lowest BCUT2D eigenvalue weighted by Gasteiger charge is -2.13. The second-order valence-electron chi connectivity index (χ2n) is 6.91. The van der Waals surface area contributed by atoms with E-state index in [9.17, 15) is 9.59 Å². The molecule has 0 atom stereocenters. The molecule has 0 unspecified atom stereocenters. The zero-order valence-corrected chi connectivity index (χ0v) is 16.1. The van der Waals surface area contributed by atoms with Crippen molar-refractivity contribution in [2.45, 2.75) is 46.6 Å². The van der Waals surface area contributed by atoms with Crippen LogP contribution in [0.3, 0.4) is 0 Å². The Morgan fingerprint density at radius 1 is 1.22 bits per heavy atom. The van der Waals surface area contributed by atoms with Gasteiger partial charge in [0.2, 0.25) is 5.78 Å². The number of para-hydroxylation sites is 2. The molecule has 0 aliphatic carbocycles. The molecular formula is C21H24N2O4. The number of aryl methyl sites for hydroxylation is 2. The lowest BCUT2D eigenvalue weighted by molar-refractivity contribution is -0.142. The van der Waals surface area contributed by atoms with Gasteiger partial charge in [0, 0.05) is 29.4 Å². The third-order valence-electron chi connectivity index (χ3n) is 4.55. The molecule has 6 heteroatoms. The van der Waals surface area contributed by atoms with E-state index in [1.807, 2.05) is 44.2 Å². The highest BCUT2D eigenvalue weighted by Crippen LogP contribution is 2.21. The predicted octanol–water partition coefficient (Wildman–Crippen LogP) is 4.19. The maximum atomic E-state index is 12.4. The van der Waals surface area contributed by atoms with Crippen LogP contribution in [-0.4, -0.2) is 27.9 Å². The van der Waals surface area contributed by atoms with E-state index in [1.54, 1.807) is 0 Å². The van der Waals surface area contributed by atoms with E-state index in [0.717, 1.165) is 16.9 Å². The second kappa shape index (κ2) is 7.78. The van der Waals surface area contributed by atoms with Crippen molar-refractivity contribution in [1.29, 1.82) is 0 Å². The van der Waals surface area contributed by atoms with Crippen molar-refractivity contribution in [3.63, 3.8) is 0 Å². The first-order chi connectivity index (χ1) is 12.9. The normalized spacial score (nSPS) is 11.3. The van der Waals surface area contributed by atoms with Crippen molar-refractivity contribution in [2.24, 2.45) is 0 Å². The number of hydrogen-bond acceptors (Lipinski definition) is 5. The first-order valence-electron chi connectivity index (χ1n) is 9.08. The van der Waals surface area contributed by atoms with Gasteiger partial charge in [0.05, 0.1) is 6.42 Å². The van der Waals surface area contributed by atoms with Gasteiger partial charge in [-0.05, 0) is 45.9 Å². The summed E-state index contributed by atoms with van der Waals surface area (Å²) in [7, 11) is 0. The van der Waals surface area contributed by atoms with Gasteiger partial charge in [-0.3, -0.25) is 9.59 Å². The van der Waals surface area contributed by atoms with E-state index in [0.29, 0.717) is 23.5 Å². The molecule has 0 aliphatic heterocycles. The number of hydrogen-bond donors (Lipinski definition) is 0. The summed E-state index contributed by atoms with van der Waals surface area (Å²) >= 11 is 0. The third kappa shape index (κ3) is 4.10. The minimum Gasteiger partial charge on any atom is -0.457 e. The Labute approximate surface area is 158 Å². The smallest absolute Gasteiger partial charge is 0.306 e. The number of nitrogens with zero attached hydrogens (tertiary/aromatic N) is 2. The quantitative estimate of drug-likeness (QED) is 0.462. The minimum absolute atomic E-state index is 0.116. The lowest BCUT2D eigenvalue weighted by Crippen LogP contribution is -2.15. The number of Topliss-reactive ketones (excluding diaryl/α,β-unsaturated/α-hetero) is 1. The van der Waals surface area contributed by atoms with E-state index < -0.39 is 5.97 Å². The molecule has 0 amide bonds. The zero-order chi connectivity index (χ0) is 19.6. The summed E-state index contributed by atoms with van der Waals surface area (Å²) in [6.07, 6.45) is 0.453. The Balaban J connectivity index is 1.54. The maximum absolute atomic E-state index is 12.4. The van der Waals surface area contributed by atoms with Crippen LogP contribution in [-0.2, 0) is 16.0 Å². The minimum atomic E-state index is -0.441. The number of esters is 1. The first-order valence-corrected chi connectivity index (χ1v) is 9.08. The van der Waals surface area contributed by atoms with Crippen LogP contribution < -0.4 is 0 Å². The number of aromatic nitrogens is 2. The number of benzene rings is 1. The second-order valence-corrected chi connectivity index (χ2v) is 6.91. The van der Waals surface area contributed by atoms with E-state index in [-0.39, 0.29) is 24.9 Å². The largest absolute Gasteiger partial charge is 0.457 e. The molecule has 0 spiro atoms. The molecule has 2 aromatic heterocycles. The number of carbonyl (C=O) groups excluding carboxylic acids is 2. The van der Waals surface area contributed by atoms with Crippen molar-refractivity contribution < 1.29 is 18.7 Å². The Hall–Kier alpha value is -2.89. The molecule has 0 saturated carbocycles. The van der Waals surface area contributed by atoms with Gasteiger partial charge in [-0.1, -0.05) is 12.1 Å². The van der Waals surface area contributed by atoms with Gasteiger partial charge in [0.25, 0.3) is 0 Å². The molecule has 142 valence electrons. The molecule has 1 aromatic carbocycles. The summed E-state index contributed by atoms with van der Waals surface area (Å²) < 4.78 is 12.8. The highest BCUT2D eigenvalue weighted by Gasteiger charge is 2.18. The average Bonchev–Trinajstić information content (AvgIpc) is 3.17. The Morgan fingerprint density at radius 3 is 2.63 bits per heavy atom. The molecular weight excluding hydrogens is 344 g/mol. The standard InChI is InChI=1S/C21H24N2O4/c1-13(2)23-14(3)11-16(15(23)4)18(24)12-26-21(25)10-9-20-22-17-7-5-6-8-19(17)27-20/h5-8,11,13H,9-10,12H2,1-4H3. The summed E-state index contributed by atoms with van der Waals surface area (Å²) in [4.78, 5) is 28.7. The number of carbonyl (C=O) groups is 2. The van der Waals surface area contributed by atoms with Crippen LogP contribution in [0.1, 0.15) is 53.9 Å². The summed E-state index contributed by atoms with van der Waals surface area (Å²) in [5.41, 5.74) is 3.98. The summed E-state index contributed by atoms with van der Waals surface area (Å²) in [5.74, 6) is -0.145. The number of ketones is 1. The van der Waals surface area contributed by atoms with E-state index >= 15 is 0 Å². The maximum Gasteiger partial charge on any atom is 0.306 e. The van der Waals surface area contributed by atoms with Crippen molar-refractivity contribution >= 4 is 22.9 Å². The van der Waals surface area contributed by atoms with Gasteiger partial charge in [0.1, 0.15) is 5.52 Å². The average molecular weight is 368 g/mol. The summed E-state index contributed by atoms with van der Waals surface area (Å²) in [5, 5.41) is 0. The SMILES string of the molecule is Cc1cc(C(=O)COC(=O)CCc2nc3ccccc3o2)c(C)n1C(C)C. The molecule has 0 aliphatic rings. The number of oxazole rings is 1. The molecule has 0 fully saturated rings. The number of ether oxygens (including phenoxy) is 1. The molecule has 2 heterocycles. The topological polar surface area (TPSA) is 74.3 Å². The van der Waals surface area contributed by atoms with Gasteiger partial charge in [-0.25, -0.2) is 4.98 Å². The van der Waals surface area contributed by atoms with E-state index in [4.69, 9.17) is 9.15 Å². The monoisotopic (exact) mass is 368 g/mol. The number of rotatable bonds is 7. The van der Waals surface area contributed by atoms with Gasteiger partial charge < -0.3 is 13.7 Å². The Kier molecular flexibility index (Phi) is 5.44. The molecule has 6 nitrogen and oxygen atoms in total. The van der Waals surface area contributed by atoms with Gasteiger partial charge in [-0.2, -0.15) is 0 Å². The van der Waals surface area contributed by atoms with Crippen molar-refractivity contribution in [1.82, 2.24) is 9.55 Å². The van der Waals surface area contributed by atoms with Crippen LogP contribution in [0, 0.1) is 13.8 Å². The fraction of sp³-hybridized carbons (Fsp3) is 0.381. The van der Waals surface area contributed by atoms with Gasteiger partial charge in [-0.15, -0.1) is 0 Å². The highest BCUT2D eigenvalue weighted by molar-refractivity contribution is 5.99. The molecule has 0 saturated heterocycles. The van der Waals surface area contributed by atoms with E-state index in [1.165, 1.54) is 0 Å². The van der Waals surface area contributed by atoms with Gasteiger partial charge in [0.15, 0.2) is 18.1 Å².